The van der Waals surface area contributed by atoms with Gasteiger partial charge in [-0.1, -0.05) is 40.5 Å². The fraction of sp³-hybridized carbons (Fsp3) is 0.500. The maximum atomic E-state index is 13.8. The monoisotopic (exact) mass is 347 g/mol. The predicted molar refractivity (Wildman–Crippen MR) is 78.0 cm³/mol. The van der Waals surface area contributed by atoms with Crippen molar-refractivity contribution in [2.45, 2.75) is 43.6 Å². The number of carbonyl (C=O) groups is 1. The van der Waals surface area contributed by atoms with E-state index in [1.54, 1.807) is 17.0 Å². The van der Waals surface area contributed by atoms with E-state index in [-0.39, 0.29) is 29.1 Å². The lowest BCUT2D eigenvalue weighted by atomic mass is 10.1. The van der Waals surface area contributed by atoms with E-state index < -0.39 is 0 Å². The molecule has 1 aromatic carbocycles. The summed E-state index contributed by atoms with van der Waals surface area (Å²) in [5, 5.41) is 0.376. The van der Waals surface area contributed by atoms with E-state index in [9.17, 15) is 9.18 Å². The second-order valence-corrected chi connectivity index (χ2v) is 6.29. The van der Waals surface area contributed by atoms with Crippen molar-refractivity contribution in [1.82, 2.24) is 4.90 Å². The molecule has 1 fully saturated rings. The van der Waals surface area contributed by atoms with Gasteiger partial charge in [0.05, 0.1) is 11.4 Å². The van der Waals surface area contributed by atoms with Gasteiger partial charge in [0.1, 0.15) is 5.82 Å². The molecule has 0 saturated heterocycles. The maximum Gasteiger partial charge on any atom is 0.236 e. The van der Waals surface area contributed by atoms with Gasteiger partial charge in [-0.2, -0.15) is 0 Å². The van der Waals surface area contributed by atoms with Gasteiger partial charge in [0, 0.05) is 16.6 Å². The fourth-order valence-corrected chi connectivity index (χ4v) is 2.47. The van der Waals surface area contributed by atoms with Crippen LogP contribution in [-0.4, -0.2) is 21.7 Å². The van der Waals surface area contributed by atoms with Crippen LogP contribution in [0.5, 0.6) is 0 Å². The summed E-state index contributed by atoms with van der Waals surface area (Å²) in [6, 6.07) is 4.84. The number of hydrogen-bond acceptors (Lipinski definition) is 1. The normalized spacial score (nSPS) is 16.2. The summed E-state index contributed by atoms with van der Waals surface area (Å²) in [7, 11) is 0. The highest BCUT2D eigenvalue weighted by atomic mass is 79.9. The lowest BCUT2D eigenvalue weighted by Crippen LogP contribution is -2.38. The Morgan fingerprint density at radius 3 is 2.79 bits per heavy atom. The number of benzene rings is 1. The Kier molecular flexibility index (Phi) is 4.85. The number of nitrogens with zero attached hydrogens (tertiary/aromatic N) is 1. The summed E-state index contributed by atoms with van der Waals surface area (Å²) in [5.41, 5.74) is 0.403. The second kappa shape index (κ2) is 6.23. The largest absolute Gasteiger partial charge is 0.334 e. The van der Waals surface area contributed by atoms with Crippen LogP contribution >= 0.6 is 27.5 Å². The zero-order valence-electron chi connectivity index (χ0n) is 10.7. The first kappa shape index (κ1) is 14.8. The van der Waals surface area contributed by atoms with Gasteiger partial charge in [0.25, 0.3) is 0 Å². The van der Waals surface area contributed by atoms with Crippen molar-refractivity contribution in [2.24, 2.45) is 0 Å². The third-order valence-corrected chi connectivity index (χ3v) is 4.68. The van der Waals surface area contributed by atoms with Crippen LogP contribution in [0.4, 0.5) is 4.39 Å². The smallest absolute Gasteiger partial charge is 0.236 e. The van der Waals surface area contributed by atoms with Gasteiger partial charge >= 0.3 is 0 Å². The number of hydrogen-bond donors (Lipinski definition) is 0. The zero-order chi connectivity index (χ0) is 14.0. The summed E-state index contributed by atoms with van der Waals surface area (Å²) in [5.74, 6) is -0.335. The van der Waals surface area contributed by atoms with Crippen LogP contribution in [0.1, 0.15) is 31.7 Å². The molecule has 0 aromatic heterocycles. The molecule has 1 atom stereocenters. The van der Waals surface area contributed by atoms with Crippen molar-refractivity contribution in [1.29, 1.82) is 0 Å². The number of alkyl halides is 1. The molecular formula is C14H16BrClFNO. The van der Waals surface area contributed by atoms with Crippen LogP contribution in [-0.2, 0) is 11.3 Å². The van der Waals surface area contributed by atoms with Gasteiger partial charge in [-0.05, 0) is 31.4 Å². The van der Waals surface area contributed by atoms with Crippen LogP contribution in [0.3, 0.4) is 0 Å². The Hall–Kier alpha value is -0.610. The summed E-state index contributed by atoms with van der Waals surface area (Å²) in [6.45, 7) is 2.19. The predicted octanol–water partition coefficient (Wildman–Crippen LogP) is 4.14. The first-order valence-corrected chi connectivity index (χ1v) is 7.71. The van der Waals surface area contributed by atoms with Gasteiger partial charge in [0.15, 0.2) is 0 Å². The van der Waals surface area contributed by atoms with Crippen molar-refractivity contribution >= 4 is 33.4 Å². The molecule has 1 amide bonds. The van der Waals surface area contributed by atoms with Crippen LogP contribution in [0.15, 0.2) is 18.2 Å². The van der Waals surface area contributed by atoms with Crippen molar-refractivity contribution in [3.05, 3.63) is 34.6 Å². The molecule has 104 valence electrons. The van der Waals surface area contributed by atoms with Gasteiger partial charge in [-0.15, -0.1) is 0 Å². The van der Waals surface area contributed by atoms with Crippen LogP contribution in [0, 0.1) is 5.82 Å². The number of carbonyl (C=O) groups excluding carboxylic acids is 1. The van der Waals surface area contributed by atoms with E-state index in [2.05, 4.69) is 15.9 Å². The molecule has 0 heterocycles. The topological polar surface area (TPSA) is 20.3 Å². The van der Waals surface area contributed by atoms with E-state index in [1.165, 1.54) is 6.07 Å². The molecule has 0 bridgehead atoms. The molecule has 0 radical (unpaired) electrons. The number of amides is 1. The molecule has 1 saturated carbocycles. The molecule has 0 aliphatic heterocycles. The van der Waals surface area contributed by atoms with Gasteiger partial charge in [-0.3, -0.25) is 4.79 Å². The summed E-state index contributed by atoms with van der Waals surface area (Å²) < 4.78 is 13.8. The quantitative estimate of drug-likeness (QED) is 0.732. The highest BCUT2D eigenvalue weighted by molar-refractivity contribution is 9.10. The molecule has 1 aliphatic carbocycles. The van der Waals surface area contributed by atoms with E-state index in [0.29, 0.717) is 17.0 Å². The molecule has 1 aliphatic rings. The molecule has 2 rings (SSSR count). The highest BCUT2D eigenvalue weighted by Gasteiger charge is 2.35. The third-order valence-electron chi connectivity index (χ3n) is 3.29. The SMILES string of the molecule is CCC(Br)C(=O)N(Cc1c(F)cccc1Cl)C1CC1. The number of halogens is 3. The van der Waals surface area contributed by atoms with Crippen LogP contribution in [0.2, 0.25) is 5.02 Å². The fourth-order valence-electron chi connectivity index (χ4n) is 1.98. The van der Waals surface area contributed by atoms with Crippen molar-refractivity contribution < 1.29 is 9.18 Å². The first-order chi connectivity index (χ1) is 9.04. The summed E-state index contributed by atoms with van der Waals surface area (Å²) in [6.07, 6.45) is 2.69. The minimum Gasteiger partial charge on any atom is -0.334 e. The summed E-state index contributed by atoms with van der Waals surface area (Å²) >= 11 is 9.40. The van der Waals surface area contributed by atoms with Gasteiger partial charge in [-0.25, -0.2) is 4.39 Å². The standard InChI is InChI=1S/C14H16BrClFNO/c1-2-11(15)14(19)18(9-6-7-9)8-10-12(16)4-3-5-13(10)17/h3-5,9,11H,2,6-8H2,1H3. The number of rotatable bonds is 5. The zero-order valence-corrected chi connectivity index (χ0v) is 13.0. The third kappa shape index (κ3) is 3.48. The van der Waals surface area contributed by atoms with E-state index in [0.717, 1.165) is 12.8 Å². The Morgan fingerprint density at radius 2 is 2.26 bits per heavy atom. The Morgan fingerprint density at radius 1 is 1.58 bits per heavy atom. The van der Waals surface area contributed by atoms with E-state index >= 15 is 0 Å². The van der Waals surface area contributed by atoms with E-state index in [4.69, 9.17) is 11.6 Å². The molecule has 19 heavy (non-hydrogen) atoms. The molecule has 1 unspecified atom stereocenters. The molecule has 2 nitrogen and oxygen atoms in total. The Bertz CT molecular complexity index is 458. The molecule has 0 N–H and O–H groups in total. The maximum absolute atomic E-state index is 13.8. The lowest BCUT2D eigenvalue weighted by Gasteiger charge is -2.25. The van der Waals surface area contributed by atoms with Gasteiger partial charge < -0.3 is 4.90 Å². The molecular weight excluding hydrogens is 333 g/mol. The van der Waals surface area contributed by atoms with Crippen LogP contribution < -0.4 is 0 Å². The van der Waals surface area contributed by atoms with Gasteiger partial charge in [0.2, 0.25) is 5.91 Å². The Balaban J connectivity index is 2.20. The molecule has 1 aromatic rings. The second-order valence-electron chi connectivity index (χ2n) is 4.77. The Labute approximate surface area is 126 Å². The van der Waals surface area contributed by atoms with Crippen molar-refractivity contribution in [3.8, 4) is 0 Å². The summed E-state index contributed by atoms with van der Waals surface area (Å²) in [4.78, 5) is 13.8. The first-order valence-electron chi connectivity index (χ1n) is 6.42. The molecule has 0 spiro atoms. The minimum atomic E-state index is -0.353. The minimum absolute atomic E-state index is 0.0179. The lowest BCUT2D eigenvalue weighted by molar-refractivity contribution is -0.131. The highest BCUT2D eigenvalue weighted by Crippen LogP contribution is 2.32. The van der Waals surface area contributed by atoms with Crippen molar-refractivity contribution in [2.75, 3.05) is 0 Å². The average Bonchev–Trinajstić information content (AvgIpc) is 3.21. The average molecular weight is 349 g/mol. The molecule has 5 heteroatoms. The van der Waals surface area contributed by atoms with E-state index in [1.807, 2.05) is 6.92 Å². The van der Waals surface area contributed by atoms with Crippen molar-refractivity contribution in [3.63, 3.8) is 0 Å². The van der Waals surface area contributed by atoms with Crippen LogP contribution in [0.25, 0.3) is 0 Å².